The van der Waals surface area contributed by atoms with Gasteiger partial charge in [-0.3, -0.25) is 9.78 Å². The van der Waals surface area contributed by atoms with Crippen molar-refractivity contribution < 1.29 is 19.7 Å². The quantitative estimate of drug-likeness (QED) is 0.636. The molecule has 0 amide bonds. The van der Waals surface area contributed by atoms with Gasteiger partial charge in [-0.1, -0.05) is 0 Å². The highest BCUT2D eigenvalue weighted by atomic mass is 16.5. The van der Waals surface area contributed by atoms with Crippen molar-refractivity contribution in [1.29, 1.82) is 0 Å². The van der Waals surface area contributed by atoms with Gasteiger partial charge in [0.2, 0.25) is 0 Å². The molecule has 6 heteroatoms. The molecule has 94 valence electrons. The molecule has 0 saturated heterocycles. The predicted molar refractivity (Wildman–Crippen MR) is 61.0 cm³/mol. The van der Waals surface area contributed by atoms with Gasteiger partial charge in [-0.05, 0) is 13.0 Å². The van der Waals surface area contributed by atoms with E-state index < -0.39 is 18.2 Å². The van der Waals surface area contributed by atoms with E-state index in [1.165, 1.54) is 19.4 Å². The number of methoxy groups -OCH3 is 1. The van der Waals surface area contributed by atoms with Crippen molar-refractivity contribution >= 4 is 11.7 Å². The lowest BCUT2D eigenvalue weighted by molar-refractivity contribution is -0.144. The molecule has 0 bridgehead atoms. The van der Waals surface area contributed by atoms with Crippen molar-refractivity contribution in [2.75, 3.05) is 12.8 Å². The second-order valence-electron chi connectivity index (χ2n) is 3.74. The summed E-state index contributed by atoms with van der Waals surface area (Å²) in [5.74, 6) is -0.592. The van der Waals surface area contributed by atoms with Gasteiger partial charge in [0, 0.05) is 11.3 Å². The van der Waals surface area contributed by atoms with Crippen LogP contribution in [-0.4, -0.2) is 34.4 Å². The van der Waals surface area contributed by atoms with Crippen molar-refractivity contribution in [3.05, 3.63) is 23.5 Å². The third kappa shape index (κ3) is 3.40. The highest BCUT2D eigenvalue weighted by Crippen LogP contribution is 2.23. The molecule has 0 radical (unpaired) electrons. The number of nitrogens with zero attached hydrogens (tertiary/aromatic N) is 1. The molecule has 0 aromatic carbocycles. The van der Waals surface area contributed by atoms with Crippen LogP contribution in [0.25, 0.3) is 0 Å². The Morgan fingerprint density at radius 2 is 2.24 bits per heavy atom. The number of hydrogen-bond acceptors (Lipinski definition) is 6. The maximum Gasteiger partial charge on any atom is 0.308 e. The van der Waals surface area contributed by atoms with Crippen LogP contribution in [0.4, 0.5) is 5.69 Å². The van der Waals surface area contributed by atoms with Gasteiger partial charge < -0.3 is 20.7 Å². The highest BCUT2D eigenvalue weighted by molar-refractivity contribution is 5.69. The van der Waals surface area contributed by atoms with Crippen LogP contribution in [0.15, 0.2) is 12.3 Å². The first-order chi connectivity index (χ1) is 7.95. The van der Waals surface area contributed by atoms with E-state index in [9.17, 15) is 15.0 Å². The molecule has 1 rings (SSSR count). The van der Waals surface area contributed by atoms with Crippen LogP contribution < -0.4 is 5.73 Å². The maximum atomic E-state index is 11.0. The van der Waals surface area contributed by atoms with Gasteiger partial charge in [-0.15, -0.1) is 0 Å². The molecule has 2 atom stereocenters. The van der Waals surface area contributed by atoms with Crippen molar-refractivity contribution in [2.24, 2.45) is 0 Å². The Hall–Kier alpha value is -1.66. The monoisotopic (exact) mass is 240 g/mol. The van der Waals surface area contributed by atoms with Gasteiger partial charge in [-0.25, -0.2) is 0 Å². The summed E-state index contributed by atoms with van der Waals surface area (Å²) in [4.78, 5) is 14.9. The largest absolute Gasteiger partial charge is 0.469 e. The van der Waals surface area contributed by atoms with Crippen molar-refractivity contribution in [1.82, 2.24) is 4.98 Å². The lowest BCUT2D eigenvalue weighted by Gasteiger charge is -2.18. The van der Waals surface area contributed by atoms with E-state index in [0.29, 0.717) is 16.9 Å². The van der Waals surface area contributed by atoms with Crippen molar-refractivity contribution in [3.8, 4) is 0 Å². The summed E-state index contributed by atoms with van der Waals surface area (Å²) in [7, 11) is 1.22. The third-order valence-corrected chi connectivity index (χ3v) is 2.43. The molecule has 1 aromatic heterocycles. The van der Waals surface area contributed by atoms with Gasteiger partial charge in [0.1, 0.15) is 6.10 Å². The first-order valence-electron chi connectivity index (χ1n) is 5.10. The minimum absolute atomic E-state index is 0.286. The second kappa shape index (κ2) is 5.60. The molecule has 2 unspecified atom stereocenters. The zero-order valence-electron chi connectivity index (χ0n) is 9.75. The second-order valence-corrected chi connectivity index (χ2v) is 3.74. The number of hydrogen-bond donors (Lipinski definition) is 3. The van der Waals surface area contributed by atoms with Crippen LogP contribution in [-0.2, 0) is 9.53 Å². The molecular weight excluding hydrogens is 224 g/mol. The van der Waals surface area contributed by atoms with Crippen molar-refractivity contribution in [2.45, 2.75) is 25.6 Å². The normalized spacial score (nSPS) is 14.1. The minimum atomic E-state index is -1.25. The summed E-state index contributed by atoms with van der Waals surface area (Å²) in [5.41, 5.74) is 6.89. The van der Waals surface area contributed by atoms with E-state index >= 15 is 0 Å². The average molecular weight is 240 g/mol. The summed E-state index contributed by atoms with van der Waals surface area (Å²) >= 11 is 0. The van der Waals surface area contributed by atoms with Crippen LogP contribution in [0.2, 0.25) is 0 Å². The minimum Gasteiger partial charge on any atom is -0.469 e. The van der Waals surface area contributed by atoms with E-state index in [0.717, 1.165) is 0 Å². The Bertz CT molecular complexity index is 408. The van der Waals surface area contributed by atoms with Crippen LogP contribution in [0.1, 0.15) is 23.8 Å². The number of ether oxygens (including phenoxy) is 1. The SMILES string of the molecule is COC(=O)CC(O)C(O)c1cc(N)cnc1C. The average Bonchev–Trinajstić information content (AvgIpc) is 2.31. The Morgan fingerprint density at radius 3 is 2.82 bits per heavy atom. The fraction of sp³-hybridized carbons (Fsp3) is 0.455. The molecule has 1 heterocycles. The summed E-state index contributed by atoms with van der Waals surface area (Å²) in [6.07, 6.45) is -1.29. The summed E-state index contributed by atoms with van der Waals surface area (Å²) in [5, 5.41) is 19.6. The number of esters is 1. The highest BCUT2D eigenvalue weighted by Gasteiger charge is 2.23. The Kier molecular flexibility index (Phi) is 4.42. The number of nitrogens with two attached hydrogens (primary N) is 1. The summed E-state index contributed by atoms with van der Waals surface area (Å²) in [6.45, 7) is 1.68. The third-order valence-electron chi connectivity index (χ3n) is 2.43. The van der Waals surface area contributed by atoms with Gasteiger partial charge in [0.15, 0.2) is 0 Å². The number of pyridine rings is 1. The van der Waals surface area contributed by atoms with E-state index in [-0.39, 0.29) is 6.42 Å². The first kappa shape index (κ1) is 13.4. The van der Waals surface area contributed by atoms with Crippen LogP contribution in [0.3, 0.4) is 0 Å². The van der Waals surface area contributed by atoms with E-state index in [1.54, 1.807) is 6.92 Å². The lowest BCUT2D eigenvalue weighted by atomic mass is 10.0. The molecular formula is C11H16N2O4. The molecule has 17 heavy (non-hydrogen) atoms. The van der Waals surface area contributed by atoms with Crippen molar-refractivity contribution in [3.63, 3.8) is 0 Å². The summed E-state index contributed by atoms with van der Waals surface area (Å²) in [6, 6.07) is 1.52. The van der Waals surface area contributed by atoms with Crippen LogP contribution in [0.5, 0.6) is 0 Å². The molecule has 0 saturated carbocycles. The standard InChI is InChI=1S/C11H16N2O4/c1-6-8(3-7(12)5-13-6)11(16)9(14)4-10(15)17-2/h3,5,9,11,14,16H,4,12H2,1-2H3. The molecule has 0 fully saturated rings. The Morgan fingerprint density at radius 1 is 1.59 bits per heavy atom. The number of aryl methyl sites for hydroxylation is 1. The molecule has 0 spiro atoms. The fourth-order valence-corrected chi connectivity index (χ4v) is 1.44. The van der Waals surface area contributed by atoms with Gasteiger partial charge in [0.05, 0.1) is 31.5 Å². The lowest BCUT2D eigenvalue weighted by Crippen LogP contribution is -2.23. The van der Waals surface area contributed by atoms with E-state index in [1.807, 2.05) is 0 Å². The number of carbonyl (C=O) groups excluding carboxylic acids is 1. The predicted octanol–water partition coefficient (Wildman–Crippen LogP) is -0.0704. The van der Waals surface area contributed by atoms with E-state index in [2.05, 4.69) is 9.72 Å². The number of nitrogen functional groups attached to an aromatic ring is 1. The number of aliphatic hydroxyl groups is 2. The first-order valence-corrected chi connectivity index (χ1v) is 5.10. The fourth-order valence-electron chi connectivity index (χ4n) is 1.44. The molecule has 0 aliphatic heterocycles. The zero-order valence-corrected chi connectivity index (χ0v) is 9.75. The van der Waals surface area contributed by atoms with E-state index in [4.69, 9.17) is 5.73 Å². The molecule has 1 aromatic rings. The van der Waals surface area contributed by atoms with Gasteiger partial charge in [-0.2, -0.15) is 0 Å². The van der Waals surface area contributed by atoms with Crippen LogP contribution >= 0.6 is 0 Å². The maximum absolute atomic E-state index is 11.0. The number of anilines is 1. The zero-order chi connectivity index (χ0) is 13.0. The smallest absolute Gasteiger partial charge is 0.308 e. The molecule has 0 aliphatic rings. The number of carbonyl (C=O) groups is 1. The topological polar surface area (TPSA) is 106 Å². The molecule has 6 nitrogen and oxygen atoms in total. The van der Waals surface area contributed by atoms with Crippen LogP contribution in [0, 0.1) is 6.92 Å². The number of rotatable bonds is 4. The molecule has 0 aliphatic carbocycles. The summed E-state index contributed by atoms with van der Waals surface area (Å²) < 4.78 is 4.41. The number of aliphatic hydroxyl groups excluding tert-OH is 2. The Balaban J connectivity index is 2.84. The number of aromatic nitrogens is 1. The van der Waals surface area contributed by atoms with Gasteiger partial charge >= 0.3 is 5.97 Å². The molecule has 4 N–H and O–H groups in total. The van der Waals surface area contributed by atoms with Gasteiger partial charge in [0.25, 0.3) is 0 Å². The Labute approximate surface area is 99.0 Å².